The molecule has 0 saturated heterocycles. The Balaban J connectivity index is 2.50. The molecular formula is C17H22N2O3. The highest BCUT2D eigenvalue weighted by molar-refractivity contribution is 6.02. The number of carbonyl (C=O) groups excluding carboxylic acids is 1. The Morgan fingerprint density at radius 2 is 2.00 bits per heavy atom. The summed E-state index contributed by atoms with van der Waals surface area (Å²) in [5.74, 6) is -0.304. The van der Waals surface area contributed by atoms with Crippen molar-refractivity contribution in [3.05, 3.63) is 40.2 Å². The van der Waals surface area contributed by atoms with Gasteiger partial charge >= 0.3 is 0 Å². The number of aryl methyl sites for hydroxylation is 1. The summed E-state index contributed by atoms with van der Waals surface area (Å²) in [6.45, 7) is 6.87. The van der Waals surface area contributed by atoms with Gasteiger partial charge < -0.3 is 15.0 Å². The molecule has 22 heavy (non-hydrogen) atoms. The fourth-order valence-electron chi connectivity index (χ4n) is 2.47. The maximum atomic E-state index is 12.5. The Morgan fingerprint density at radius 1 is 1.32 bits per heavy atom. The predicted molar refractivity (Wildman–Crippen MR) is 87.3 cm³/mol. The molecule has 2 rings (SSSR count). The lowest BCUT2D eigenvalue weighted by molar-refractivity contribution is 0.0947. The van der Waals surface area contributed by atoms with Gasteiger partial charge in [-0.2, -0.15) is 0 Å². The van der Waals surface area contributed by atoms with Crippen molar-refractivity contribution in [2.24, 2.45) is 5.92 Å². The van der Waals surface area contributed by atoms with E-state index in [1.165, 1.54) is 4.57 Å². The van der Waals surface area contributed by atoms with Crippen molar-refractivity contribution in [1.82, 2.24) is 9.88 Å². The molecule has 2 N–H and O–H groups in total. The van der Waals surface area contributed by atoms with E-state index in [9.17, 15) is 14.7 Å². The molecule has 0 saturated carbocycles. The fraction of sp³-hybridized carbons (Fsp3) is 0.412. The van der Waals surface area contributed by atoms with Crippen LogP contribution in [-0.2, 0) is 6.54 Å². The van der Waals surface area contributed by atoms with Crippen molar-refractivity contribution < 1.29 is 9.90 Å². The van der Waals surface area contributed by atoms with Gasteiger partial charge in [0.15, 0.2) is 0 Å². The van der Waals surface area contributed by atoms with Gasteiger partial charge in [-0.1, -0.05) is 26.0 Å². The van der Waals surface area contributed by atoms with Crippen LogP contribution in [0.4, 0.5) is 0 Å². The topological polar surface area (TPSA) is 71.3 Å². The van der Waals surface area contributed by atoms with E-state index in [4.69, 9.17) is 0 Å². The lowest BCUT2D eigenvalue weighted by Gasteiger charge is -2.14. The molecule has 1 aromatic heterocycles. The molecular weight excluding hydrogens is 280 g/mol. The SMILES string of the molecule is CCn1c(=O)c(C(=O)NCCC(C)C)c(O)c2ccccc21. The number of aromatic nitrogens is 1. The average Bonchev–Trinajstić information content (AvgIpc) is 2.47. The maximum Gasteiger partial charge on any atom is 0.267 e. The van der Waals surface area contributed by atoms with Gasteiger partial charge in [-0.3, -0.25) is 9.59 Å². The first-order chi connectivity index (χ1) is 10.5. The number of nitrogens with zero attached hydrogens (tertiary/aromatic N) is 1. The number of benzene rings is 1. The summed E-state index contributed by atoms with van der Waals surface area (Å²) in [6.07, 6.45) is 0.821. The molecule has 1 aromatic carbocycles. The quantitative estimate of drug-likeness (QED) is 0.891. The highest BCUT2D eigenvalue weighted by atomic mass is 16.3. The van der Waals surface area contributed by atoms with Crippen LogP contribution < -0.4 is 10.9 Å². The van der Waals surface area contributed by atoms with Gasteiger partial charge in [0.1, 0.15) is 11.3 Å². The summed E-state index contributed by atoms with van der Waals surface area (Å²) in [6, 6.07) is 7.05. The van der Waals surface area contributed by atoms with E-state index in [0.29, 0.717) is 29.9 Å². The van der Waals surface area contributed by atoms with E-state index < -0.39 is 11.5 Å². The summed E-state index contributed by atoms with van der Waals surface area (Å²) in [5, 5.41) is 13.6. The van der Waals surface area contributed by atoms with Crippen LogP contribution in [0.2, 0.25) is 0 Å². The molecule has 0 bridgehead atoms. The lowest BCUT2D eigenvalue weighted by atomic mass is 10.1. The number of hydrogen-bond acceptors (Lipinski definition) is 3. The van der Waals surface area contributed by atoms with E-state index in [1.807, 2.05) is 6.92 Å². The summed E-state index contributed by atoms with van der Waals surface area (Å²) in [5.41, 5.74) is -0.00344. The molecule has 0 spiro atoms. The van der Waals surface area contributed by atoms with Crippen molar-refractivity contribution in [1.29, 1.82) is 0 Å². The minimum Gasteiger partial charge on any atom is -0.506 e. The number of nitrogens with one attached hydrogen (secondary N) is 1. The summed E-state index contributed by atoms with van der Waals surface area (Å²) >= 11 is 0. The van der Waals surface area contributed by atoms with Gasteiger partial charge in [0.2, 0.25) is 0 Å². The Bertz CT molecular complexity index is 747. The monoisotopic (exact) mass is 302 g/mol. The number of pyridine rings is 1. The number of amides is 1. The molecule has 0 fully saturated rings. The van der Waals surface area contributed by atoms with Gasteiger partial charge in [-0.15, -0.1) is 0 Å². The van der Waals surface area contributed by atoms with Crippen LogP contribution >= 0.6 is 0 Å². The zero-order valence-electron chi connectivity index (χ0n) is 13.2. The van der Waals surface area contributed by atoms with Crippen molar-refractivity contribution in [3.8, 4) is 5.75 Å². The third-order valence-corrected chi connectivity index (χ3v) is 3.70. The standard InChI is InChI=1S/C17H22N2O3/c1-4-19-13-8-6-5-7-12(13)15(20)14(17(19)22)16(21)18-10-9-11(2)3/h5-8,11,20H,4,9-10H2,1-3H3,(H,18,21). The largest absolute Gasteiger partial charge is 0.506 e. The third-order valence-electron chi connectivity index (χ3n) is 3.70. The molecule has 0 aliphatic carbocycles. The van der Waals surface area contributed by atoms with Gasteiger partial charge in [0.25, 0.3) is 11.5 Å². The highest BCUT2D eigenvalue weighted by Gasteiger charge is 2.21. The van der Waals surface area contributed by atoms with E-state index in [0.717, 1.165) is 6.42 Å². The molecule has 1 heterocycles. The first-order valence-electron chi connectivity index (χ1n) is 7.60. The minimum atomic E-state index is -0.517. The molecule has 0 radical (unpaired) electrons. The van der Waals surface area contributed by atoms with Gasteiger partial charge in [0, 0.05) is 18.5 Å². The van der Waals surface area contributed by atoms with Crippen molar-refractivity contribution in [2.75, 3.05) is 6.54 Å². The van der Waals surface area contributed by atoms with Crippen LogP contribution in [-0.4, -0.2) is 22.1 Å². The zero-order valence-corrected chi connectivity index (χ0v) is 13.2. The number of hydrogen-bond donors (Lipinski definition) is 2. The fourth-order valence-corrected chi connectivity index (χ4v) is 2.47. The van der Waals surface area contributed by atoms with Crippen LogP contribution in [0.25, 0.3) is 10.9 Å². The van der Waals surface area contributed by atoms with E-state index in [1.54, 1.807) is 24.3 Å². The predicted octanol–water partition coefficient (Wildman–Crippen LogP) is 2.50. The zero-order chi connectivity index (χ0) is 16.3. The Labute approximate surface area is 129 Å². The van der Waals surface area contributed by atoms with Crippen molar-refractivity contribution >= 4 is 16.8 Å². The second kappa shape index (κ2) is 6.64. The van der Waals surface area contributed by atoms with E-state index in [-0.39, 0.29) is 11.3 Å². The van der Waals surface area contributed by atoms with Gasteiger partial charge in [-0.25, -0.2) is 0 Å². The second-order valence-electron chi connectivity index (χ2n) is 5.73. The molecule has 5 nitrogen and oxygen atoms in total. The molecule has 1 amide bonds. The van der Waals surface area contributed by atoms with Crippen LogP contribution in [0.1, 0.15) is 37.6 Å². The first-order valence-corrected chi connectivity index (χ1v) is 7.60. The molecule has 0 aliphatic rings. The van der Waals surface area contributed by atoms with Crippen LogP contribution in [0.5, 0.6) is 5.75 Å². The lowest BCUT2D eigenvalue weighted by Crippen LogP contribution is -2.34. The average molecular weight is 302 g/mol. The van der Waals surface area contributed by atoms with Crippen molar-refractivity contribution in [3.63, 3.8) is 0 Å². The molecule has 5 heteroatoms. The highest BCUT2D eigenvalue weighted by Crippen LogP contribution is 2.26. The summed E-state index contributed by atoms with van der Waals surface area (Å²) in [4.78, 5) is 24.8. The normalized spacial score (nSPS) is 11.1. The Kier molecular flexibility index (Phi) is 4.85. The summed E-state index contributed by atoms with van der Waals surface area (Å²) < 4.78 is 1.51. The molecule has 0 aliphatic heterocycles. The maximum absolute atomic E-state index is 12.5. The van der Waals surface area contributed by atoms with Crippen LogP contribution in [0, 0.1) is 5.92 Å². The number of carbonyl (C=O) groups is 1. The van der Waals surface area contributed by atoms with Gasteiger partial charge in [0.05, 0.1) is 5.52 Å². The number of aromatic hydroxyl groups is 1. The number of para-hydroxylation sites is 1. The smallest absolute Gasteiger partial charge is 0.267 e. The van der Waals surface area contributed by atoms with Crippen LogP contribution in [0.3, 0.4) is 0 Å². The molecule has 0 atom stereocenters. The van der Waals surface area contributed by atoms with Crippen LogP contribution in [0.15, 0.2) is 29.1 Å². The first kappa shape index (κ1) is 16.1. The third kappa shape index (κ3) is 2.98. The molecule has 0 unspecified atom stereocenters. The Hall–Kier alpha value is -2.30. The second-order valence-corrected chi connectivity index (χ2v) is 5.73. The molecule has 2 aromatic rings. The number of fused-ring (bicyclic) bond motifs is 1. The van der Waals surface area contributed by atoms with E-state index >= 15 is 0 Å². The van der Waals surface area contributed by atoms with E-state index in [2.05, 4.69) is 19.2 Å². The summed E-state index contributed by atoms with van der Waals surface area (Å²) in [7, 11) is 0. The van der Waals surface area contributed by atoms with Gasteiger partial charge in [-0.05, 0) is 31.4 Å². The molecule has 118 valence electrons. The Morgan fingerprint density at radius 3 is 2.64 bits per heavy atom. The minimum absolute atomic E-state index is 0.177. The number of rotatable bonds is 5. The van der Waals surface area contributed by atoms with Crippen molar-refractivity contribution in [2.45, 2.75) is 33.7 Å².